The van der Waals surface area contributed by atoms with Crippen molar-refractivity contribution in [3.05, 3.63) is 35.9 Å². The largest absolute Gasteiger partial charge is 0.379 e. The molecule has 0 radical (unpaired) electrons. The Morgan fingerprint density at radius 3 is 2.58 bits per heavy atom. The van der Waals surface area contributed by atoms with Crippen LogP contribution >= 0.6 is 24.0 Å². The Bertz CT molecular complexity index is 631. The minimum Gasteiger partial charge on any atom is -0.379 e. The highest BCUT2D eigenvalue weighted by Crippen LogP contribution is 2.17. The molecule has 2 rings (SSSR count). The van der Waals surface area contributed by atoms with Crippen LogP contribution in [0.5, 0.6) is 0 Å². The Morgan fingerprint density at radius 2 is 1.87 bits per heavy atom. The van der Waals surface area contributed by atoms with Gasteiger partial charge in [0.25, 0.3) is 0 Å². The fraction of sp³-hybridized carbons (Fsp3) is 0.652. The van der Waals surface area contributed by atoms with Gasteiger partial charge in [-0.25, -0.2) is 0 Å². The third kappa shape index (κ3) is 11.7. The number of guanidine groups is 1. The lowest BCUT2D eigenvalue weighted by atomic mass is 10.1. The van der Waals surface area contributed by atoms with Crippen LogP contribution in [-0.2, 0) is 20.7 Å². The number of hydrogen-bond acceptors (Lipinski definition) is 4. The van der Waals surface area contributed by atoms with E-state index >= 15 is 0 Å². The van der Waals surface area contributed by atoms with Crippen LogP contribution in [0.2, 0.25) is 0 Å². The number of hydrogen-bond donors (Lipinski definition) is 2. The van der Waals surface area contributed by atoms with Gasteiger partial charge in [0, 0.05) is 52.2 Å². The number of likely N-dealkylation sites (tertiary alicyclic amines) is 1. The summed E-state index contributed by atoms with van der Waals surface area (Å²) in [5.74, 6) is 1.30. The van der Waals surface area contributed by atoms with Gasteiger partial charge < -0.3 is 25.0 Å². The molecule has 31 heavy (non-hydrogen) atoms. The molecule has 1 aliphatic heterocycles. The topological polar surface area (TPSA) is 75.2 Å². The van der Waals surface area contributed by atoms with E-state index in [1.54, 1.807) is 7.05 Å². The van der Waals surface area contributed by atoms with Crippen molar-refractivity contribution in [3.63, 3.8) is 0 Å². The number of benzene rings is 1. The Labute approximate surface area is 204 Å². The Morgan fingerprint density at radius 1 is 1.13 bits per heavy atom. The molecule has 0 spiro atoms. The fourth-order valence-corrected chi connectivity index (χ4v) is 3.39. The molecule has 1 atom stereocenters. The standard InChI is InChI=1S/C23H38N4O3.HI/c1-3-4-13-29-15-16-30-14-11-25-23(24-2)26-18-21-17-22(28)27(19-21)12-10-20-8-6-5-7-9-20;/h5-9,21H,3-4,10-19H2,1-2H3,(H2,24,25,26);1H. The van der Waals surface area contributed by atoms with Crippen LogP contribution in [0.15, 0.2) is 35.3 Å². The predicted molar refractivity (Wildman–Crippen MR) is 136 cm³/mol. The number of ether oxygens (including phenoxy) is 2. The summed E-state index contributed by atoms with van der Waals surface area (Å²) in [6, 6.07) is 10.3. The molecule has 1 aliphatic rings. The van der Waals surface area contributed by atoms with Crippen LogP contribution in [0.4, 0.5) is 0 Å². The van der Waals surface area contributed by atoms with E-state index < -0.39 is 0 Å². The molecule has 0 aliphatic carbocycles. The average Bonchev–Trinajstić information content (AvgIpc) is 3.13. The molecule has 1 fully saturated rings. The van der Waals surface area contributed by atoms with Crippen molar-refractivity contribution < 1.29 is 14.3 Å². The summed E-state index contributed by atoms with van der Waals surface area (Å²) in [7, 11) is 1.75. The molecule has 1 saturated heterocycles. The van der Waals surface area contributed by atoms with Crippen molar-refractivity contribution >= 4 is 35.8 Å². The minimum atomic E-state index is 0. The van der Waals surface area contributed by atoms with Crippen molar-refractivity contribution in [1.29, 1.82) is 0 Å². The molecule has 1 aromatic rings. The van der Waals surface area contributed by atoms with E-state index in [9.17, 15) is 4.79 Å². The van der Waals surface area contributed by atoms with Gasteiger partial charge in [0.1, 0.15) is 0 Å². The number of aliphatic imine (C=N–C) groups is 1. The summed E-state index contributed by atoms with van der Waals surface area (Å²) in [6.45, 7) is 7.82. The van der Waals surface area contributed by atoms with Crippen LogP contribution in [-0.4, -0.2) is 76.4 Å². The number of carbonyl (C=O) groups is 1. The SMILES string of the molecule is CCCCOCCOCCNC(=NC)NCC1CC(=O)N(CCc2ccccc2)C1.I. The summed E-state index contributed by atoms with van der Waals surface area (Å²) in [5, 5.41) is 6.58. The maximum absolute atomic E-state index is 12.3. The Kier molecular flexibility index (Phi) is 15.3. The van der Waals surface area contributed by atoms with Gasteiger partial charge in [0.15, 0.2) is 5.96 Å². The highest BCUT2D eigenvalue weighted by atomic mass is 127. The second-order valence-electron chi connectivity index (χ2n) is 7.60. The summed E-state index contributed by atoms with van der Waals surface area (Å²) >= 11 is 0. The fourth-order valence-electron chi connectivity index (χ4n) is 3.39. The summed E-state index contributed by atoms with van der Waals surface area (Å²) in [5.41, 5.74) is 1.27. The van der Waals surface area contributed by atoms with Crippen molar-refractivity contribution in [2.75, 3.05) is 59.7 Å². The molecule has 7 nitrogen and oxygen atoms in total. The highest BCUT2D eigenvalue weighted by molar-refractivity contribution is 14.0. The normalized spacial score (nSPS) is 16.3. The van der Waals surface area contributed by atoms with E-state index in [0.717, 1.165) is 51.5 Å². The molecule has 0 bridgehead atoms. The summed E-state index contributed by atoms with van der Waals surface area (Å²) in [6.07, 6.45) is 3.75. The molecule has 1 heterocycles. The van der Waals surface area contributed by atoms with Crippen molar-refractivity contribution in [2.45, 2.75) is 32.6 Å². The van der Waals surface area contributed by atoms with E-state index in [1.165, 1.54) is 5.56 Å². The quantitative estimate of drug-likeness (QED) is 0.163. The van der Waals surface area contributed by atoms with E-state index in [1.807, 2.05) is 23.1 Å². The first kappa shape index (κ1) is 27.6. The van der Waals surface area contributed by atoms with Crippen LogP contribution < -0.4 is 10.6 Å². The van der Waals surface area contributed by atoms with Crippen LogP contribution in [0.25, 0.3) is 0 Å². The number of nitrogens with one attached hydrogen (secondary N) is 2. The van der Waals surface area contributed by atoms with Gasteiger partial charge in [-0.2, -0.15) is 0 Å². The van der Waals surface area contributed by atoms with Crippen LogP contribution in [0, 0.1) is 5.92 Å². The zero-order valence-electron chi connectivity index (χ0n) is 19.0. The summed E-state index contributed by atoms with van der Waals surface area (Å²) in [4.78, 5) is 18.5. The van der Waals surface area contributed by atoms with Gasteiger partial charge in [-0.3, -0.25) is 9.79 Å². The smallest absolute Gasteiger partial charge is 0.223 e. The molecular formula is C23H39IN4O3. The minimum absolute atomic E-state index is 0. The van der Waals surface area contributed by atoms with Crippen molar-refractivity contribution in [3.8, 4) is 0 Å². The van der Waals surface area contributed by atoms with Crippen molar-refractivity contribution in [2.24, 2.45) is 10.9 Å². The lowest BCUT2D eigenvalue weighted by Gasteiger charge is -2.18. The molecule has 176 valence electrons. The number of halogens is 1. The Balaban J connectivity index is 0.00000480. The van der Waals surface area contributed by atoms with Gasteiger partial charge in [0.2, 0.25) is 5.91 Å². The maximum atomic E-state index is 12.3. The molecule has 0 aromatic heterocycles. The Hall–Kier alpha value is -1.39. The third-order valence-electron chi connectivity index (χ3n) is 5.14. The lowest BCUT2D eigenvalue weighted by Crippen LogP contribution is -2.41. The van der Waals surface area contributed by atoms with Gasteiger partial charge in [-0.05, 0) is 18.4 Å². The average molecular weight is 546 g/mol. The predicted octanol–water partition coefficient (Wildman–Crippen LogP) is 2.69. The monoisotopic (exact) mass is 546 g/mol. The van der Waals surface area contributed by atoms with Gasteiger partial charge in [-0.1, -0.05) is 43.7 Å². The molecular weight excluding hydrogens is 507 g/mol. The first-order valence-corrected chi connectivity index (χ1v) is 11.1. The summed E-state index contributed by atoms with van der Waals surface area (Å²) < 4.78 is 11.0. The van der Waals surface area contributed by atoms with E-state index in [-0.39, 0.29) is 29.9 Å². The molecule has 1 amide bonds. The number of amides is 1. The molecule has 1 unspecified atom stereocenters. The third-order valence-corrected chi connectivity index (χ3v) is 5.14. The van der Waals surface area contributed by atoms with Gasteiger partial charge in [-0.15, -0.1) is 24.0 Å². The van der Waals surface area contributed by atoms with E-state index in [4.69, 9.17) is 9.47 Å². The maximum Gasteiger partial charge on any atom is 0.223 e. The van der Waals surface area contributed by atoms with E-state index in [0.29, 0.717) is 38.7 Å². The first-order valence-electron chi connectivity index (χ1n) is 11.1. The number of nitrogens with zero attached hydrogens (tertiary/aromatic N) is 2. The second-order valence-corrected chi connectivity index (χ2v) is 7.60. The molecule has 2 N–H and O–H groups in total. The van der Waals surface area contributed by atoms with E-state index in [2.05, 4.69) is 34.7 Å². The zero-order valence-corrected chi connectivity index (χ0v) is 21.3. The number of unbranched alkanes of at least 4 members (excludes halogenated alkanes) is 1. The molecule has 0 saturated carbocycles. The number of carbonyl (C=O) groups excluding carboxylic acids is 1. The number of rotatable bonds is 14. The van der Waals surface area contributed by atoms with Crippen molar-refractivity contribution in [1.82, 2.24) is 15.5 Å². The van der Waals surface area contributed by atoms with Crippen LogP contribution in [0.3, 0.4) is 0 Å². The zero-order chi connectivity index (χ0) is 21.4. The van der Waals surface area contributed by atoms with Gasteiger partial charge >= 0.3 is 0 Å². The van der Waals surface area contributed by atoms with Gasteiger partial charge in [0.05, 0.1) is 19.8 Å². The van der Waals surface area contributed by atoms with Crippen LogP contribution in [0.1, 0.15) is 31.7 Å². The molecule has 8 heteroatoms. The lowest BCUT2D eigenvalue weighted by molar-refractivity contribution is -0.127. The highest BCUT2D eigenvalue weighted by Gasteiger charge is 2.29. The molecule has 1 aromatic carbocycles. The second kappa shape index (κ2) is 17.2. The first-order chi connectivity index (χ1) is 14.7.